The second-order valence-electron chi connectivity index (χ2n) is 2.87. The molecule has 3 N–H and O–H groups in total. The standard InChI is InChI=1S/C9H14N4O4/c1-17-5-4-11-7(14)6-13-9(16)8(15)12-3-2-10/h3-6H2,1H3,(H,11,14)(H,12,15)(H,13,16). The first-order valence-electron chi connectivity index (χ1n) is 4.80. The molecule has 0 heterocycles. The topological polar surface area (TPSA) is 120 Å². The van der Waals surface area contributed by atoms with Gasteiger partial charge in [-0.1, -0.05) is 0 Å². The van der Waals surface area contributed by atoms with E-state index in [1.807, 2.05) is 5.32 Å². The van der Waals surface area contributed by atoms with Crippen LogP contribution in [0.4, 0.5) is 0 Å². The van der Waals surface area contributed by atoms with E-state index in [-0.39, 0.29) is 13.1 Å². The minimum atomic E-state index is -0.956. The van der Waals surface area contributed by atoms with Crippen molar-refractivity contribution in [2.24, 2.45) is 0 Å². The van der Waals surface area contributed by atoms with Crippen molar-refractivity contribution in [3.05, 3.63) is 0 Å². The summed E-state index contributed by atoms with van der Waals surface area (Å²) >= 11 is 0. The van der Waals surface area contributed by atoms with E-state index in [1.54, 1.807) is 6.07 Å². The van der Waals surface area contributed by atoms with Crippen LogP contribution in [0.5, 0.6) is 0 Å². The molecule has 0 saturated carbocycles. The molecule has 0 atom stereocenters. The summed E-state index contributed by atoms with van der Waals surface area (Å²) in [6.45, 7) is 0.128. The lowest BCUT2D eigenvalue weighted by atomic mass is 10.5. The summed E-state index contributed by atoms with van der Waals surface area (Å²) in [5.41, 5.74) is 0. The van der Waals surface area contributed by atoms with Gasteiger partial charge in [-0.25, -0.2) is 0 Å². The Morgan fingerprint density at radius 3 is 2.41 bits per heavy atom. The Morgan fingerprint density at radius 2 is 1.82 bits per heavy atom. The van der Waals surface area contributed by atoms with Crippen LogP contribution >= 0.6 is 0 Å². The van der Waals surface area contributed by atoms with Gasteiger partial charge in [0, 0.05) is 13.7 Å². The predicted molar refractivity (Wildman–Crippen MR) is 56.5 cm³/mol. The number of amides is 3. The van der Waals surface area contributed by atoms with Crippen molar-refractivity contribution in [3.63, 3.8) is 0 Å². The zero-order valence-electron chi connectivity index (χ0n) is 9.41. The van der Waals surface area contributed by atoms with Gasteiger partial charge in [0.2, 0.25) is 5.91 Å². The average molecular weight is 242 g/mol. The highest BCUT2D eigenvalue weighted by Gasteiger charge is 2.13. The van der Waals surface area contributed by atoms with E-state index in [0.29, 0.717) is 13.2 Å². The molecule has 0 unspecified atom stereocenters. The molecule has 0 aromatic carbocycles. The van der Waals surface area contributed by atoms with Crippen LogP contribution in [0.15, 0.2) is 0 Å². The molecular formula is C9H14N4O4. The van der Waals surface area contributed by atoms with Crippen LogP contribution in [0.1, 0.15) is 0 Å². The van der Waals surface area contributed by atoms with Gasteiger partial charge in [0.15, 0.2) is 0 Å². The van der Waals surface area contributed by atoms with Gasteiger partial charge < -0.3 is 20.7 Å². The Kier molecular flexibility index (Phi) is 7.97. The highest BCUT2D eigenvalue weighted by Crippen LogP contribution is 1.71. The van der Waals surface area contributed by atoms with Crippen molar-refractivity contribution < 1.29 is 19.1 Å². The van der Waals surface area contributed by atoms with E-state index < -0.39 is 17.7 Å². The number of hydrogen-bond donors (Lipinski definition) is 3. The zero-order chi connectivity index (χ0) is 13.1. The van der Waals surface area contributed by atoms with Gasteiger partial charge in [0.05, 0.1) is 19.2 Å². The third kappa shape index (κ3) is 7.75. The number of ether oxygens (including phenoxy) is 1. The average Bonchev–Trinajstić information content (AvgIpc) is 2.33. The molecule has 0 spiro atoms. The summed E-state index contributed by atoms with van der Waals surface area (Å²) in [5, 5.41) is 14.8. The Balaban J connectivity index is 3.72. The molecule has 0 aromatic rings. The van der Waals surface area contributed by atoms with E-state index in [9.17, 15) is 14.4 Å². The number of rotatable bonds is 6. The summed E-state index contributed by atoms with van der Waals surface area (Å²) in [6, 6.07) is 1.65. The quantitative estimate of drug-likeness (QED) is 0.270. The number of carbonyl (C=O) groups excluding carboxylic acids is 3. The van der Waals surface area contributed by atoms with Crippen LogP contribution in [-0.4, -0.2) is 51.1 Å². The van der Waals surface area contributed by atoms with Crippen LogP contribution < -0.4 is 16.0 Å². The minimum Gasteiger partial charge on any atom is -0.383 e. The maximum Gasteiger partial charge on any atom is 0.310 e. The second kappa shape index (κ2) is 9.11. The molecule has 0 bridgehead atoms. The van der Waals surface area contributed by atoms with E-state index in [4.69, 9.17) is 10.00 Å². The van der Waals surface area contributed by atoms with Gasteiger partial charge >= 0.3 is 11.8 Å². The molecule has 0 saturated heterocycles. The monoisotopic (exact) mass is 242 g/mol. The normalized spacial score (nSPS) is 8.94. The lowest BCUT2D eigenvalue weighted by Crippen LogP contribution is -2.44. The fourth-order valence-corrected chi connectivity index (χ4v) is 0.796. The number of carbonyl (C=O) groups is 3. The van der Waals surface area contributed by atoms with Crippen LogP contribution in [0, 0.1) is 11.3 Å². The number of nitriles is 1. The Hall–Kier alpha value is -2.14. The van der Waals surface area contributed by atoms with Gasteiger partial charge in [-0.2, -0.15) is 5.26 Å². The summed E-state index contributed by atoms with van der Waals surface area (Å²) in [5.74, 6) is -2.33. The van der Waals surface area contributed by atoms with Crippen LogP contribution in [0.2, 0.25) is 0 Å². The van der Waals surface area contributed by atoms with E-state index in [2.05, 4.69) is 10.6 Å². The molecule has 17 heavy (non-hydrogen) atoms. The van der Waals surface area contributed by atoms with Gasteiger partial charge in [-0.05, 0) is 0 Å². The predicted octanol–water partition coefficient (Wildman–Crippen LogP) is -2.50. The number of nitrogens with zero attached hydrogens (tertiary/aromatic N) is 1. The van der Waals surface area contributed by atoms with Crippen molar-refractivity contribution in [2.75, 3.05) is 33.4 Å². The van der Waals surface area contributed by atoms with Crippen LogP contribution in [0.25, 0.3) is 0 Å². The van der Waals surface area contributed by atoms with Gasteiger partial charge in [-0.15, -0.1) is 0 Å². The van der Waals surface area contributed by atoms with Gasteiger partial charge in [0.25, 0.3) is 0 Å². The molecule has 0 rings (SSSR count). The van der Waals surface area contributed by atoms with Crippen LogP contribution in [0.3, 0.4) is 0 Å². The van der Waals surface area contributed by atoms with Crippen molar-refractivity contribution in [1.82, 2.24) is 16.0 Å². The summed E-state index contributed by atoms with van der Waals surface area (Å²) in [6.07, 6.45) is 0. The second-order valence-corrected chi connectivity index (χ2v) is 2.87. The number of methoxy groups -OCH3 is 1. The highest BCUT2D eigenvalue weighted by atomic mass is 16.5. The lowest BCUT2D eigenvalue weighted by molar-refractivity contribution is -0.139. The molecular weight excluding hydrogens is 228 g/mol. The van der Waals surface area contributed by atoms with Crippen LogP contribution in [-0.2, 0) is 19.1 Å². The Morgan fingerprint density at radius 1 is 1.18 bits per heavy atom. The minimum absolute atomic E-state index is 0.258. The Bertz CT molecular complexity index is 323. The van der Waals surface area contributed by atoms with Crippen molar-refractivity contribution in [2.45, 2.75) is 0 Å². The molecule has 8 nitrogen and oxygen atoms in total. The fraction of sp³-hybridized carbons (Fsp3) is 0.556. The van der Waals surface area contributed by atoms with Gasteiger partial charge in [-0.3, -0.25) is 14.4 Å². The van der Waals surface area contributed by atoms with Crippen molar-refractivity contribution in [1.29, 1.82) is 5.26 Å². The smallest absolute Gasteiger partial charge is 0.310 e. The molecule has 8 heteroatoms. The highest BCUT2D eigenvalue weighted by molar-refractivity contribution is 6.35. The molecule has 0 fully saturated rings. The first-order chi connectivity index (χ1) is 8.11. The molecule has 94 valence electrons. The third-order valence-corrected chi connectivity index (χ3v) is 1.57. The maximum absolute atomic E-state index is 11.1. The molecule has 0 aliphatic carbocycles. The first kappa shape index (κ1) is 14.9. The molecule has 0 radical (unpaired) electrons. The molecule has 0 aliphatic rings. The summed E-state index contributed by atoms with van der Waals surface area (Å²) < 4.78 is 4.70. The zero-order valence-corrected chi connectivity index (χ0v) is 9.41. The molecule has 0 aromatic heterocycles. The number of nitrogens with one attached hydrogen (secondary N) is 3. The van der Waals surface area contributed by atoms with Crippen molar-refractivity contribution >= 4 is 17.7 Å². The third-order valence-electron chi connectivity index (χ3n) is 1.57. The largest absolute Gasteiger partial charge is 0.383 e. The van der Waals surface area contributed by atoms with Crippen molar-refractivity contribution in [3.8, 4) is 6.07 Å². The summed E-state index contributed by atoms with van der Waals surface area (Å²) in [4.78, 5) is 33.1. The fourth-order valence-electron chi connectivity index (χ4n) is 0.796. The van der Waals surface area contributed by atoms with E-state index in [0.717, 1.165) is 0 Å². The maximum atomic E-state index is 11.1. The first-order valence-corrected chi connectivity index (χ1v) is 4.80. The van der Waals surface area contributed by atoms with E-state index >= 15 is 0 Å². The van der Waals surface area contributed by atoms with E-state index in [1.165, 1.54) is 7.11 Å². The molecule has 3 amide bonds. The summed E-state index contributed by atoms with van der Waals surface area (Å²) in [7, 11) is 1.49. The Labute approximate surface area is 98.3 Å². The lowest BCUT2D eigenvalue weighted by Gasteiger charge is -2.05. The SMILES string of the molecule is COCCNC(=O)CNC(=O)C(=O)NCC#N. The number of hydrogen-bond acceptors (Lipinski definition) is 5. The molecule has 0 aliphatic heterocycles. The van der Waals surface area contributed by atoms with Gasteiger partial charge in [0.1, 0.15) is 6.54 Å².